The van der Waals surface area contributed by atoms with E-state index in [0.717, 1.165) is 22.6 Å². The van der Waals surface area contributed by atoms with Crippen molar-refractivity contribution in [2.24, 2.45) is 0 Å². The molecule has 0 bridgehead atoms. The smallest absolute Gasteiger partial charge is 0.307 e. The van der Waals surface area contributed by atoms with Gasteiger partial charge in [0.25, 0.3) is 0 Å². The molecule has 0 fully saturated rings. The molecule has 1 N–H and O–H groups in total. The van der Waals surface area contributed by atoms with Crippen LogP contribution in [0.1, 0.15) is 11.1 Å². The second-order valence-electron chi connectivity index (χ2n) is 4.89. The van der Waals surface area contributed by atoms with Gasteiger partial charge in [0.05, 0.1) is 13.5 Å². The highest BCUT2D eigenvalue weighted by Crippen LogP contribution is 2.21. The highest BCUT2D eigenvalue weighted by Gasteiger charge is 2.09. The van der Waals surface area contributed by atoms with E-state index in [0.29, 0.717) is 6.54 Å². The number of anilines is 1. The number of carboxylic acids is 1. The van der Waals surface area contributed by atoms with Crippen LogP contribution in [0.2, 0.25) is 0 Å². The molecule has 0 saturated heterocycles. The Morgan fingerprint density at radius 2 is 1.71 bits per heavy atom. The third-order valence-electron chi connectivity index (χ3n) is 3.38. The lowest BCUT2D eigenvalue weighted by Crippen LogP contribution is -2.18. The maximum atomic E-state index is 10.9. The molecule has 21 heavy (non-hydrogen) atoms. The molecule has 0 heterocycles. The Morgan fingerprint density at radius 1 is 1.10 bits per heavy atom. The van der Waals surface area contributed by atoms with Crippen LogP contribution in [-0.4, -0.2) is 25.2 Å². The van der Waals surface area contributed by atoms with Gasteiger partial charge in [0, 0.05) is 19.3 Å². The van der Waals surface area contributed by atoms with Crippen LogP contribution >= 0.6 is 0 Å². The summed E-state index contributed by atoms with van der Waals surface area (Å²) in [6.07, 6.45) is 0.0482. The van der Waals surface area contributed by atoms with E-state index in [2.05, 4.69) is 4.90 Å². The molecule has 0 aliphatic rings. The second-order valence-corrected chi connectivity index (χ2v) is 4.89. The minimum atomic E-state index is -0.811. The first-order chi connectivity index (χ1) is 10.1. The second kappa shape index (κ2) is 6.79. The van der Waals surface area contributed by atoms with Crippen molar-refractivity contribution in [2.75, 3.05) is 19.1 Å². The normalized spacial score (nSPS) is 10.2. The minimum absolute atomic E-state index is 0.0482. The van der Waals surface area contributed by atoms with Crippen LogP contribution in [0.25, 0.3) is 0 Å². The largest absolute Gasteiger partial charge is 0.497 e. The molecule has 4 heteroatoms. The predicted molar refractivity (Wildman–Crippen MR) is 82.9 cm³/mol. The SMILES string of the molecule is COc1ccc(N(C)Cc2ccccc2CC(=O)O)cc1. The van der Waals surface area contributed by atoms with E-state index in [-0.39, 0.29) is 6.42 Å². The molecule has 0 unspecified atom stereocenters. The maximum Gasteiger partial charge on any atom is 0.307 e. The zero-order valence-electron chi connectivity index (χ0n) is 12.2. The van der Waals surface area contributed by atoms with Gasteiger partial charge < -0.3 is 14.7 Å². The van der Waals surface area contributed by atoms with E-state index in [4.69, 9.17) is 9.84 Å². The fourth-order valence-electron chi connectivity index (χ4n) is 2.23. The van der Waals surface area contributed by atoms with E-state index < -0.39 is 5.97 Å². The third kappa shape index (κ3) is 3.99. The predicted octanol–water partition coefficient (Wildman–Crippen LogP) is 2.96. The molecule has 0 spiro atoms. The number of hydrogen-bond acceptors (Lipinski definition) is 3. The molecule has 0 atom stereocenters. The van der Waals surface area contributed by atoms with Crippen LogP contribution in [-0.2, 0) is 17.8 Å². The number of aliphatic carboxylic acids is 1. The minimum Gasteiger partial charge on any atom is -0.497 e. The Hall–Kier alpha value is -2.49. The summed E-state index contributed by atoms with van der Waals surface area (Å²) in [6.45, 7) is 0.662. The number of benzene rings is 2. The molecule has 0 amide bonds. The van der Waals surface area contributed by atoms with Crippen molar-refractivity contribution in [3.8, 4) is 5.75 Å². The average molecular weight is 285 g/mol. The van der Waals surface area contributed by atoms with Gasteiger partial charge in [-0.15, -0.1) is 0 Å². The van der Waals surface area contributed by atoms with Gasteiger partial charge in [-0.1, -0.05) is 24.3 Å². The number of hydrogen-bond donors (Lipinski definition) is 1. The molecule has 4 nitrogen and oxygen atoms in total. The lowest BCUT2D eigenvalue weighted by molar-refractivity contribution is -0.136. The summed E-state index contributed by atoms with van der Waals surface area (Å²) < 4.78 is 5.15. The van der Waals surface area contributed by atoms with Crippen molar-refractivity contribution in [3.63, 3.8) is 0 Å². The number of carboxylic acid groups (broad SMARTS) is 1. The van der Waals surface area contributed by atoms with Crippen molar-refractivity contribution >= 4 is 11.7 Å². The number of rotatable bonds is 6. The molecule has 0 radical (unpaired) electrons. The fourth-order valence-corrected chi connectivity index (χ4v) is 2.23. The first-order valence-electron chi connectivity index (χ1n) is 6.74. The number of methoxy groups -OCH3 is 1. The lowest BCUT2D eigenvalue weighted by atomic mass is 10.0. The fraction of sp³-hybridized carbons (Fsp3) is 0.235. The number of nitrogens with zero attached hydrogens (tertiary/aromatic N) is 1. The van der Waals surface area contributed by atoms with Gasteiger partial charge in [0.15, 0.2) is 0 Å². The van der Waals surface area contributed by atoms with Crippen LogP contribution in [0.5, 0.6) is 5.75 Å². The van der Waals surface area contributed by atoms with E-state index in [1.54, 1.807) is 7.11 Å². The Morgan fingerprint density at radius 3 is 2.29 bits per heavy atom. The Balaban J connectivity index is 2.14. The first-order valence-corrected chi connectivity index (χ1v) is 6.74. The van der Waals surface area contributed by atoms with Gasteiger partial charge >= 0.3 is 5.97 Å². The molecule has 2 aromatic carbocycles. The van der Waals surface area contributed by atoms with Crippen molar-refractivity contribution in [1.29, 1.82) is 0 Å². The van der Waals surface area contributed by atoms with Crippen molar-refractivity contribution in [1.82, 2.24) is 0 Å². The van der Waals surface area contributed by atoms with Crippen LogP contribution in [0.3, 0.4) is 0 Å². The molecule has 0 aliphatic heterocycles. The molecule has 2 rings (SSSR count). The number of carbonyl (C=O) groups is 1. The highest BCUT2D eigenvalue weighted by molar-refractivity contribution is 5.70. The summed E-state index contributed by atoms with van der Waals surface area (Å²) in [5.41, 5.74) is 2.93. The zero-order valence-corrected chi connectivity index (χ0v) is 12.2. The first kappa shape index (κ1) is 14.9. The highest BCUT2D eigenvalue weighted by atomic mass is 16.5. The standard InChI is InChI=1S/C17H19NO3/c1-18(15-7-9-16(21-2)10-8-15)12-14-6-4-3-5-13(14)11-17(19)20/h3-10H,11-12H2,1-2H3,(H,19,20). The average Bonchev–Trinajstić information content (AvgIpc) is 2.49. The third-order valence-corrected chi connectivity index (χ3v) is 3.38. The summed E-state index contributed by atoms with van der Waals surface area (Å²) in [5.74, 6) is 0.00739. The van der Waals surface area contributed by atoms with E-state index in [1.807, 2.05) is 55.6 Å². The molecular formula is C17H19NO3. The molecule has 2 aromatic rings. The topological polar surface area (TPSA) is 49.8 Å². The summed E-state index contributed by atoms with van der Waals surface area (Å²) in [4.78, 5) is 13.0. The Labute approximate surface area is 124 Å². The van der Waals surface area contributed by atoms with Crippen LogP contribution in [0.4, 0.5) is 5.69 Å². The van der Waals surface area contributed by atoms with Crippen LogP contribution in [0, 0.1) is 0 Å². The quantitative estimate of drug-likeness (QED) is 0.886. The van der Waals surface area contributed by atoms with Crippen molar-refractivity contribution in [3.05, 3.63) is 59.7 Å². The molecule has 110 valence electrons. The molecule has 0 aromatic heterocycles. The van der Waals surface area contributed by atoms with E-state index >= 15 is 0 Å². The lowest BCUT2D eigenvalue weighted by Gasteiger charge is -2.21. The van der Waals surface area contributed by atoms with Gasteiger partial charge in [0.1, 0.15) is 5.75 Å². The summed E-state index contributed by atoms with van der Waals surface area (Å²) in [5, 5.41) is 8.97. The van der Waals surface area contributed by atoms with Gasteiger partial charge in [-0.05, 0) is 35.4 Å². The van der Waals surface area contributed by atoms with Gasteiger partial charge in [0.2, 0.25) is 0 Å². The van der Waals surface area contributed by atoms with Crippen molar-refractivity contribution in [2.45, 2.75) is 13.0 Å². The monoisotopic (exact) mass is 285 g/mol. The van der Waals surface area contributed by atoms with Gasteiger partial charge in [-0.3, -0.25) is 4.79 Å². The Kier molecular flexibility index (Phi) is 4.82. The summed E-state index contributed by atoms with van der Waals surface area (Å²) >= 11 is 0. The van der Waals surface area contributed by atoms with E-state index in [9.17, 15) is 4.79 Å². The van der Waals surface area contributed by atoms with Crippen LogP contribution in [0.15, 0.2) is 48.5 Å². The van der Waals surface area contributed by atoms with Crippen molar-refractivity contribution < 1.29 is 14.6 Å². The molecule has 0 aliphatic carbocycles. The molecule has 0 saturated carbocycles. The zero-order chi connectivity index (χ0) is 15.2. The van der Waals surface area contributed by atoms with Crippen LogP contribution < -0.4 is 9.64 Å². The van der Waals surface area contributed by atoms with Gasteiger partial charge in [-0.2, -0.15) is 0 Å². The molecular weight excluding hydrogens is 266 g/mol. The summed E-state index contributed by atoms with van der Waals surface area (Å²) in [6, 6.07) is 15.4. The van der Waals surface area contributed by atoms with E-state index in [1.165, 1.54) is 0 Å². The number of ether oxygens (including phenoxy) is 1. The maximum absolute atomic E-state index is 10.9. The Bertz CT molecular complexity index is 608. The van der Waals surface area contributed by atoms with Gasteiger partial charge in [-0.25, -0.2) is 0 Å². The summed E-state index contributed by atoms with van der Waals surface area (Å²) in [7, 11) is 3.63.